The number of rotatable bonds is 5. The van der Waals surface area contributed by atoms with Gasteiger partial charge in [0.25, 0.3) is 5.56 Å². The first-order valence-electron chi connectivity index (χ1n) is 6.29. The smallest absolute Gasteiger partial charge is 0.319 e. The summed E-state index contributed by atoms with van der Waals surface area (Å²) in [5, 5.41) is 8.73. The van der Waals surface area contributed by atoms with Crippen molar-refractivity contribution in [1.82, 2.24) is 9.97 Å². The lowest BCUT2D eigenvalue weighted by atomic mass is 10.2. The number of aryl methyl sites for hydroxylation is 1. The molecular formula is C13H17N3O3S. The average molecular weight is 295 g/mol. The molecule has 0 fully saturated rings. The van der Waals surface area contributed by atoms with E-state index in [0.717, 1.165) is 11.8 Å². The lowest BCUT2D eigenvalue weighted by Gasteiger charge is -2.13. The maximum absolute atomic E-state index is 11.7. The van der Waals surface area contributed by atoms with Gasteiger partial charge in [-0.2, -0.15) is 5.26 Å². The minimum Gasteiger partial charge on any atom is -0.462 e. The van der Waals surface area contributed by atoms with E-state index in [1.165, 1.54) is 0 Å². The van der Waals surface area contributed by atoms with Crippen molar-refractivity contribution in [1.29, 1.82) is 5.26 Å². The van der Waals surface area contributed by atoms with E-state index in [1.54, 1.807) is 20.8 Å². The van der Waals surface area contributed by atoms with E-state index in [-0.39, 0.29) is 17.6 Å². The average Bonchev–Trinajstić information content (AvgIpc) is 2.37. The van der Waals surface area contributed by atoms with Crippen LogP contribution in [0.25, 0.3) is 0 Å². The van der Waals surface area contributed by atoms with Gasteiger partial charge in [0.1, 0.15) is 16.9 Å². The molecule has 0 saturated carbocycles. The minimum atomic E-state index is -0.488. The van der Waals surface area contributed by atoms with Gasteiger partial charge in [0.2, 0.25) is 0 Å². The molecule has 0 amide bonds. The second kappa shape index (κ2) is 7.10. The molecule has 1 atom stereocenters. The summed E-state index contributed by atoms with van der Waals surface area (Å²) in [6.07, 6.45) is 0.287. The fourth-order valence-corrected chi connectivity index (χ4v) is 2.27. The van der Waals surface area contributed by atoms with Crippen molar-refractivity contribution < 1.29 is 9.53 Å². The summed E-state index contributed by atoms with van der Waals surface area (Å²) in [5.41, 5.74) is -0.0243. The van der Waals surface area contributed by atoms with Gasteiger partial charge in [-0.25, -0.2) is 4.98 Å². The number of aromatic nitrogens is 2. The number of thioether (sulfide) groups is 1. The second-order valence-corrected chi connectivity index (χ2v) is 5.73. The van der Waals surface area contributed by atoms with E-state index in [2.05, 4.69) is 9.97 Å². The molecule has 0 unspecified atom stereocenters. The number of hydrogen-bond donors (Lipinski definition) is 1. The van der Waals surface area contributed by atoms with Gasteiger partial charge >= 0.3 is 5.97 Å². The molecule has 7 heteroatoms. The van der Waals surface area contributed by atoms with Crippen molar-refractivity contribution in [2.24, 2.45) is 0 Å². The van der Waals surface area contributed by atoms with Crippen LogP contribution in [0.15, 0.2) is 9.95 Å². The molecule has 1 rings (SSSR count). The predicted molar refractivity (Wildman–Crippen MR) is 75.5 cm³/mol. The third kappa shape index (κ3) is 4.10. The molecule has 20 heavy (non-hydrogen) atoms. The molecule has 0 spiro atoms. The highest BCUT2D eigenvalue weighted by molar-refractivity contribution is 8.00. The first-order valence-corrected chi connectivity index (χ1v) is 7.17. The zero-order chi connectivity index (χ0) is 15.3. The zero-order valence-corrected chi connectivity index (χ0v) is 12.7. The Kier molecular flexibility index (Phi) is 5.77. The standard InChI is InChI=1S/C13H17N3O3S/c1-5-10-9(6-14)11(17)16-13(15-10)20-8(4)12(18)19-7(2)3/h7-8H,5H2,1-4H3,(H,15,16,17)/t8-/m1/s1. The summed E-state index contributed by atoms with van der Waals surface area (Å²) in [6, 6.07) is 1.84. The Morgan fingerprint density at radius 2 is 2.15 bits per heavy atom. The lowest BCUT2D eigenvalue weighted by Crippen LogP contribution is -2.22. The van der Waals surface area contributed by atoms with E-state index in [0.29, 0.717) is 17.3 Å². The molecule has 1 aromatic heterocycles. The Morgan fingerprint density at radius 3 is 2.65 bits per heavy atom. The Balaban J connectivity index is 2.94. The van der Waals surface area contributed by atoms with Crippen molar-refractivity contribution in [3.05, 3.63) is 21.6 Å². The number of H-pyrrole nitrogens is 1. The topological polar surface area (TPSA) is 95.8 Å². The fourth-order valence-electron chi connectivity index (χ4n) is 1.47. The predicted octanol–water partition coefficient (Wildman–Crippen LogP) is 1.64. The van der Waals surface area contributed by atoms with Gasteiger partial charge in [0, 0.05) is 0 Å². The van der Waals surface area contributed by atoms with E-state index < -0.39 is 10.8 Å². The van der Waals surface area contributed by atoms with Gasteiger partial charge in [0.15, 0.2) is 5.16 Å². The Morgan fingerprint density at radius 1 is 1.50 bits per heavy atom. The van der Waals surface area contributed by atoms with Crippen LogP contribution in [-0.4, -0.2) is 27.3 Å². The van der Waals surface area contributed by atoms with Gasteiger partial charge in [-0.05, 0) is 27.2 Å². The molecule has 0 aromatic carbocycles. The molecule has 1 heterocycles. The summed E-state index contributed by atoms with van der Waals surface area (Å²) in [7, 11) is 0. The number of nitriles is 1. The number of nitrogens with zero attached hydrogens (tertiary/aromatic N) is 2. The normalized spacial score (nSPS) is 12.0. The quantitative estimate of drug-likeness (QED) is 0.504. The Bertz CT molecular complexity index is 590. The Hall–Kier alpha value is -1.81. The number of nitrogens with one attached hydrogen (secondary N) is 1. The SMILES string of the molecule is CCc1nc(S[C@H](C)C(=O)OC(C)C)[nH]c(=O)c1C#N. The summed E-state index contributed by atoms with van der Waals surface area (Å²) in [4.78, 5) is 30.1. The van der Waals surface area contributed by atoms with E-state index in [4.69, 9.17) is 10.00 Å². The van der Waals surface area contributed by atoms with Crippen LogP contribution in [0.5, 0.6) is 0 Å². The van der Waals surface area contributed by atoms with Crippen LogP contribution in [0.4, 0.5) is 0 Å². The molecule has 0 aliphatic heterocycles. The zero-order valence-electron chi connectivity index (χ0n) is 11.9. The van der Waals surface area contributed by atoms with Crippen LogP contribution in [0.1, 0.15) is 39.0 Å². The monoisotopic (exact) mass is 295 g/mol. The number of hydrogen-bond acceptors (Lipinski definition) is 6. The molecule has 108 valence electrons. The molecule has 0 aliphatic rings. The van der Waals surface area contributed by atoms with Gasteiger partial charge in [0.05, 0.1) is 11.8 Å². The van der Waals surface area contributed by atoms with Gasteiger partial charge in [-0.15, -0.1) is 0 Å². The van der Waals surface area contributed by atoms with Crippen LogP contribution in [-0.2, 0) is 16.0 Å². The minimum absolute atomic E-state index is 0.0225. The van der Waals surface area contributed by atoms with Crippen LogP contribution >= 0.6 is 11.8 Å². The molecule has 0 bridgehead atoms. The van der Waals surface area contributed by atoms with Crippen LogP contribution in [0.3, 0.4) is 0 Å². The van der Waals surface area contributed by atoms with E-state index in [1.807, 2.05) is 13.0 Å². The van der Waals surface area contributed by atoms with E-state index in [9.17, 15) is 9.59 Å². The fraction of sp³-hybridized carbons (Fsp3) is 0.538. The number of carbonyl (C=O) groups is 1. The summed E-state index contributed by atoms with van der Waals surface area (Å²) >= 11 is 1.11. The largest absolute Gasteiger partial charge is 0.462 e. The molecule has 0 saturated heterocycles. The summed E-state index contributed by atoms with van der Waals surface area (Å²) < 4.78 is 5.08. The second-order valence-electron chi connectivity index (χ2n) is 4.40. The maximum Gasteiger partial charge on any atom is 0.319 e. The van der Waals surface area contributed by atoms with Crippen LogP contribution in [0, 0.1) is 11.3 Å². The van der Waals surface area contributed by atoms with Crippen molar-refractivity contribution in [2.45, 2.75) is 50.6 Å². The Labute approximate surface area is 121 Å². The maximum atomic E-state index is 11.7. The number of aromatic amines is 1. The molecule has 1 N–H and O–H groups in total. The van der Waals surface area contributed by atoms with E-state index >= 15 is 0 Å². The van der Waals surface area contributed by atoms with Crippen molar-refractivity contribution in [3.63, 3.8) is 0 Å². The van der Waals surface area contributed by atoms with Crippen LogP contribution in [0.2, 0.25) is 0 Å². The first-order chi connectivity index (χ1) is 9.38. The number of carbonyl (C=O) groups excluding carboxylic acids is 1. The molecular weight excluding hydrogens is 278 g/mol. The van der Waals surface area contributed by atoms with Gasteiger partial charge in [-0.1, -0.05) is 18.7 Å². The molecule has 6 nitrogen and oxygen atoms in total. The van der Waals surface area contributed by atoms with Crippen molar-refractivity contribution >= 4 is 17.7 Å². The lowest BCUT2D eigenvalue weighted by molar-refractivity contribution is -0.146. The molecule has 0 aliphatic carbocycles. The molecule has 0 radical (unpaired) electrons. The highest BCUT2D eigenvalue weighted by Crippen LogP contribution is 2.20. The van der Waals surface area contributed by atoms with Gasteiger partial charge < -0.3 is 9.72 Å². The van der Waals surface area contributed by atoms with Crippen molar-refractivity contribution in [3.8, 4) is 6.07 Å². The third-order valence-electron chi connectivity index (χ3n) is 2.39. The first kappa shape index (κ1) is 16.2. The summed E-state index contributed by atoms with van der Waals surface area (Å²) in [6.45, 7) is 7.03. The highest BCUT2D eigenvalue weighted by Gasteiger charge is 2.19. The highest BCUT2D eigenvalue weighted by atomic mass is 32.2. The van der Waals surface area contributed by atoms with Crippen LogP contribution < -0.4 is 5.56 Å². The van der Waals surface area contributed by atoms with Crippen molar-refractivity contribution in [2.75, 3.05) is 0 Å². The summed E-state index contributed by atoms with van der Waals surface area (Å²) in [5.74, 6) is -0.366. The third-order valence-corrected chi connectivity index (χ3v) is 3.35. The number of esters is 1. The van der Waals surface area contributed by atoms with Gasteiger partial charge in [-0.3, -0.25) is 9.59 Å². The molecule has 1 aromatic rings. The number of ether oxygens (including phenoxy) is 1.